The molecule has 0 bridgehead atoms. The molecular weight excluding hydrogens is 495 g/mol. The molecule has 1 aromatic heterocycles. The van der Waals surface area contributed by atoms with Crippen LogP contribution in [0.4, 0.5) is 4.39 Å². The standard InChI is InChI=1S/C27H27FN4O4S/c1-4-35-25-15-21(10-13-24(25)36-17-20-8-11-22(28)12-9-20)26(16-31(33)34)37-27-30-29-19(3)32(27)23-7-5-6-18(2)14-23/h5-15,26H,4,16-17H2,1-3H3/t26-/m0/s1. The summed E-state index contributed by atoms with van der Waals surface area (Å²) in [5, 5.41) is 20.1. The van der Waals surface area contributed by atoms with Crippen LogP contribution in [-0.2, 0) is 6.61 Å². The van der Waals surface area contributed by atoms with Gasteiger partial charge in [0.25, 0.3) is 0 Å². The first-order valence-corrected chi connectivity index (χ1v) is 12.6. The van der Waals surface area contributed by atoms with Gasteiger partial charge in [-0.15, -0.1) is 10.2 Å². The monoisotopic (exact) mass is 522 g/mol. The summed E-state index contributed by atoms with van der Waals surface area (Å²) in [5.41, 5.74) is 3.49. The predicted molar refractivity (Wildman–Crippen MR) is 140 cm³/mol. The van der Waals surface area contributed by atoms with Crippen molar-refractivity contribution in [1.82, 2.24) is 14.8 Å². The Kier molecular flexibility index (Phi) is 8.39. The number of nitro groups is 1. The molecule has 8 nitrogen and oxygen atoms in total. The number of aryl methyl sites for hydroxylation is 2. The van der Waals surface area contributed by atoms with Gasteiger partial charge < -0.3 is 9.47 Å². The summed E-state index contributed by atoms with van der Waals surface area (Å²) in [6.45, 7) is 6.01. The van der Waals surface area contributed by atoms with E-state index in [9.17, 15) is 14.5 Å². The summed E-state index contributed by atoms with van der Waals surface area (Å²) in [6, 6.07) is 19.3. The minimum Gasteiger partial charge on any atom is -0.490 e. The molecule has 0 saturated heterocycles. The summed E-state index contributed by atoms with van der Waals surface area (Å²) in [7, 11) is 0. The molecule has 0 N–H and O–H groups in total. The second-order valence-corrected chi connectivity index (χ2v) is 9.55. The second kappa shape index (κ2) is 11.9. The van der Waals surface area contributed by atoms with Crippen LogP contribution < -0.4 is 9.47 Å². The fraction of sp³-hybridized carbons (Fsp3) is 0.259. The van der Waals surface area contributed by atoms with Crippen LogP contribution in [0, 0.1) is 29.8 Å². The Bertz CT molecular complexity index is 1380. The maximum atomic E-state index is 13.2. The van der Waals surface area contributed by atoms with Crippen molar-refractivity contribution >= 4 is 11.8 Å². The molecule has 0 radical (unpaired) electrons. The summed E-state index contributed by atoms with van der Waals surface area (Å²) in [5.74, 6) is 1.35. The number of thioether (sulfide) groups is 1. The summed E-state index contributed by atoms with van der Waals surface area (Å²) in [4.78, 5) is 11.3. The van der Waals surface area contributed by atoms with Crippen molar-refractivity contribution in [2.24, 2.45) is 0 Å². The Hall–Kier alpha value is -3.92. The number of rotatable bonds is 11. The van der Waals surface area contributed by atoms with E-state index in [1.54, 1.807) is 30.3 Å². The van der Waals surface area contributed by atoms with E-state index < -0.39 is 5.25 Å². The van der Waals surface area contributed by atoms with E-state index in [-0.39, 0.29) is 23.9 Å². The van der Waals surface area contributed by atoms with Crippen molar-refractivity contribution < 1.29 is 18.8 Å². The lowest BCUT2D eigenvalue weighted by atomic mass is 10.1. The molecule has 4 aromatic rings. The van der Waals surface area contributed by atoms with E-state index in [0.29, 0.717) is 34.7 Å². The molecule has 3 aromatic carbocycles. The fourth-order valence-electron chi connectivity index (χ4n) is 3.81. The normalized spacial score (nSPS) is 11.8. The van der Waals surface area contributed by atoms with E-state index in [4.69, 9.17) is 9.47 Å². The number of nitrogens with zero attached hydrogens (tertiary/aromatic N) is 4. The third-order valence-corrected chi connectivity index (χ3v) is 6.75. The molecule has 0 saturated carbocycles. The van der Waals surface area contributed by atoms with Crippen molar-refractivity contribution in [1.29, 1.82) is 0 Å². The fourth-order valence-corrected chi connectivity index (χ4v) is 4.98. The Balaban J connectivity index is 1.62. The third-order valence-electron chi connectivity index (χ3n) is 5.56. The summed E-state index contributed by atoms with van der Waals surface area (Å²) in [6.07, 6.45) is 0. The van der Waals surface area contributed by atoms with Crippen molar-refractivity contribution in [2.75, 3.05) is 13.2 Å². The first-order valence-electron chi connectivity index (χ1n) is 11.8. The predicted octanol–water partition coefficient (Wildman–Crippen LogP) is 6.11. The molecule has 0 aliphatic rings. The Labute approximate surface area is 218 Å². The largest absolute Gasteiger partial charge is 0.490 e. The van der Waals surface area contributed by atoms with E-state index in [1.807, 2.05) is 49.6 Å². The van der Waals surface area contributed by atoms with Crippen molar-refractivity contribution in [3.63, 3.8) is 0 Å². The van der Waals surface area contributed by atoms with E-state index in [0.717, 1.165) is 16.8 Å². The minimum absolute atomic E-state index is 0.228. The minimum atomic E-state index is -0.549. The molecule has 0 aliphatic carbocycles. The Morgan fingerprint density at radius 2 is 1.81 bits per heavy atom. The zero-order chi connectivity index (χ0) is 26.4. The van der Waals surface area contributed by atoms with Gasteiger partial charge >= 0.3 is 0 Å². The molecule has 0 amide bonds. The number of hydrogen-bond donors (Lipinski definition) is 0. The van der Waals surface area contributed by atoms with Gasteiger partial charge in [-0.25, -0.2) is 4.39 Å². The molecule has 4 rings (SSSR count). The average Bonchev–Trinajstić information content (AvgIpc) is 3.23. The SMILES string of the molecule is CCOc1cc([C@H](C[N+](=O)[O-])Sc2nnc(C)n2-c2cccc(C)c2)ccc1OCc1ccc(F)cc1. The highest BCUT2D eigenvalue weighted by Crippen LogP contribution is 2.39. The van der Waals surface area contributed by atoms with Crippen LogP contribution in [-0.4, -0.2) is 32.8 Å². The first-order chi connectivity index (χ1) is 17.8. The number of ether oxygens (including phenoxy) is 2. The van der Waals surface area contributed by atoms with Crippen LogP contribution in [0.5, 0.6) is 11.5 Å². The molecule has 0 spiro atoms. The molecular formula is C27H27FN4O4S. The number of benzene rings is 3. The van der Waals surface area contributed by atoms with E-state index in [1.165, 1.54) is 23.9 Å². The van der Waals surface area contributed by atoms with Crippen molar-refractivity contribution in [3.05, 3.63) is 105 Å². The van der Waals surface area contributed by atoms with E-state index >= 15 is 0 Å². The first kappa shape index (κ1) is 26.2. The van der Waals surface area contributed by atoms with Gasteiger partial charge in [-0.2, -0.15) is 0 Å². The molecule has 0 fully saturated rings. The smallest absolute Gasteiger partial charge is 0.220 e. The van der Waals surface area contributed by atoms with Crippen LogP contribution in [0.15, 0.2) is 71.9 Å². The molecule has 1 atom stereocenters. The molecule has 10 heteroatoms. The van der Waals surface area contributed by atoms with Crippen LogP contribution in [0.25, 0.3) is 5.69 Å². The van der Waals surface area contributed by atoms with Gasteiger partial charge in [0.1, 0.15) is 23.5 Å². The summed E-state index contributed by atoms with van der Waals surface area (Å²) >= 11 is 1.28. The molecule has 0 aliphatic heterocycles. The maximum Gasteiger partial charge on any atom is 0.220 e. The summed E-state index contributed by atoms with van der Waals surface area (Å²) < 4.78 is 26.8. The lowest BCUT2D eigenvalue weighted by Crippen LogP contribution is -2.12. The Morgan fingerprint density at radius 3 is 2.51 bits per heavy atom. The van der Waals surface area contributed by atoms with Gasteiger partial charge in [0.15, 0.2) is 16.7 Å². The van der Waals surface area contributed by atoms with Gasteiger partial charge in [0, 0.05) is 10.6 Å². The van der Waals surface area contributed by atoms with Gasteiger partial charge in [-0.3, -0.25) is 14.7 Å². The van der Waals surface area contributed by atoms with Crippen LogP contribution in [0.3, 0.4) is 0 Å². The second-order valence-electron chi connectivity index (χ2n) is 8.38. The molecule has 1 heterocycles. The number of aromatic nitrogens is 3. The highest BCUT2D eigenvalue weighted by Gasteiger charge is 2.25. The van der Waals surface area contributed by atoms with Gasteiger partial charge in [0.05, 0.1) is 6.61 Å². The number of halogens is 1. The Morgan fingerprint density at radius 1 is 1.03 bits per heavy atom. The van der Waals surface area contributed by atoms with Crippen LogP contribution >= 0.6 is 11.8 Å². The zero-order valence-electron chi connectivity index (χ0n) is 20.8. The lowest BCUT2D eigenvalue weighted by Gasteiger charge is -2.17. The number of hydrogen-bond acceptors (Lipinski definition) is 7. The topological polar surface area (TPSA) is 92.3 Å². The quantitative estimate of drug-likeness (QED) is 0.133. The van der Waals surface area contributed by atoms with Crippen molar-refractivity contribution in [3.8, 4) is 17.2 Å². The zero-order valence-corrected chi connectivity index (χ0v) is 21.6. The van der Waals surface area contributed by atoms with Gasteiger partial charge in [0.2, 0.25) is 6.54 Å². The molecule has 37 heavy (non-hydrogen) atoms. The average molecular weight is 523 g/mol. The molecule has 192 valence electrons. The maximum absolute atomic E-state index is 13.2. The highest BCUT2D eigenvalue weighted by molar-refractivity contribution is 7.99. The van der Waals surface area contributed by atoms with Gasteiger partial charge in [-0.1, -0.05) is 42.1 Å². The van der Waals surface area contributed by atoms with Gasteiger partial charge in [-0.05, 0) is 73.9 Å². The highest BCUT2D eigenvalue weighted by atomic mass is 32.2. The van der Waals surface area contributed by atoms with Crippen LogP contribution in [0.1, 0.15) is 34.7 Å². The molecule has 0 unspecified atom stereocenters. The van der Waals surface area contributed by atoms with E-state index in [2.05, 4.69) is 10.2 Å². The van der Waals surface area contributed by atoms with Crippen molar-refractivity contribution in [2.45, 2.75) is 37.8 Å². The van der Waals surface area contributed by atoms with Crippen LogP contribution in [0.2, 0.25) is 0 Å². The third kappa shape index (κ3) is 6.65. The lowest BCUT2D eigenvalue weighted by molar-refractivity contribution is -0.479.